The summed E-state index contributed by atoms with van der Waals surface area (Å²) in [6, 6.07) is 7.50. The van der Waals surface area contributed by atoms with E-state index in [2.05, 4.69) is 25.2 Å². The Kier molecular flexibility index (Phi) is 4.19. The lowest BCUT2D eigenvalue weighted by Crippen LogP contribution is -2.48. The Morgan fingerprint density at radius 3 is 2.97 bits per heavy atom. The number of nitrogens with zero attached hydrogens (tertiary/aromatic N) is 6. The van der Waals surface area contributed by atoms with Gasteiger partial charge >= 0.3 is 6.03 Å². The van der Waals surface area contributed by atoms with Gasteiger partial charge in [-0.3, -0.25) is 15.2 Å². The molecular weight excluding hydrogens is 370 g/mol. The van der Waals surface area contributed by atoms with Gasteiger partial charge in [-0.05, 0) is 24.6 Å². The number of nitrogens with one attached hydrogen (secondary N) is 1. The summed E-state index contributed by atoms with van der Waals surface area (Å²) >= 11 is 0. The number of fused-ring (bicyclic) bond motifs is 4. The average Bonchev–Trinajstić information content (AvgIpc) is 3.18. The summed E-state index contributed by atoms with van der Waals surface area (Å²) in [6.45, 7) is 1.70. The molecule has 9 heteroatoms. The van der Waals surface area contributed by atoms with Crippen LogP contribution in [0.4, 0.5) is 22.1 Å². The molecule has 0 aromatic carbocycles. The Labute approximate surface area is 167 Å². The zero-order valence-electron chi connectivity index (χ0n) is 15.8. The lowest BCUT2D eigenvalue weighted by molar-refractivity contribution is 0.254. The summed E-state index contributed by atoms with van der Waals surface area (Å²) in [4.78, 5) is 34.3. The number of aromatic nitrogens is 4. The number of amides is 2. The highest BCUT2D eigenvalue weighted by Crippen LogP contribution is 2.40. The number of ether oxygens (including phenoxy) is 1. The first-order valence-electron chi connectivity index (χ1n) is 9.35. The van der Waals surface area contributed by atoms with Gasteiger partial charge in [0, 0.05) is 43.3 Å². The number of anilines is 3. The maximum atomic E-state index is 13.1. The van der Waals surface area contributed by atoms with Gasteiger partial charge in [-0.1, -0.05) is 0 Å². The second kappa shape index (κ2) is 7.01. The molecule has 2 bridgehead atoms. The lowest BCUT2D eigenvalue weighted by Gasteiger charge is -2.35. The maximum absolute atomic E-state index is 13.1. The van der Waals surface area contributed by atoms with E-state index in [0.29, 0.717) is 17.5 Å². The van der Waals surface area contributed by atoms with E-state index >= 15 is 0 Å². The van der Waals surface area contributed by atoms with Crippen LogP contribution in [0, 0.1) is 0 Å². The van der Waals surface area contributed by atoms with Crippen molar-refractivity contribution in [3.8, 4) is 17.1 Å². The summed E-state index contributed by atoms with van der Waals surface area (Å²) in [5, 5.41) is 2.84. The number of hydrogen-bond donors (Lipinski definition) is 1. The molecular formula is C20H19N7O2. The molecule has 2 aliphatic rings. The summed E-state index contributed by atoms with van der Waals surface area (Å²) in [6.07, 6.45) is 7.21. The predicted octanol–water partition coefficient (Wildman–Crippen LogP) is 2.57. The van der Waals surface area contributed by atoms with Crippen molar-refractivity contribution in [2.24, 2.45) is 0 Å². The van der Waals surface area contributed by atoms with Crippen molar-refractivity contribution in [3.05, 3.63) is 49.1 Å². The zero-order valence-corrected chi connectivity index (χ0v) is 15.8. The molecule has 1 fully saturated rings. The van der Waals surface area contributed by atoms with Crippen molar-refractivity contribution in [1.82, 2.24) is 19.9 Å². The highest BCUT2D eigenvalue weighted by molar-refractivity contribution is 6.04. The van der Waals surface area contributed by atoms with E-state index in [1.807, 2.05) is 24.3 Å². The minimum atomic E-state index is -0.254. The minimum absolute atomic E-state index is 0.0638. The fourth-order valence-electron chi connectivity index (χ4n) is 3.85. The highest BCUT2D eigenvalue weighted by Gasteiger charge is 2.40. The molecule has 0 aliphatic carbocycles. The maximum Gasteiger partial charge on any atom is 0.329 e. The lowest BCUT2D eigenvalue weighted by atomic mass is 10.1. The van der Waals surface area contributed by atoms with E-state index in [4.69, 9.17) is 9.72 Å². The topological polar surface area (TPSA) is 96.4 Å². The molecule has 0 saturated carbocycles. The molecule has 5 rings (SSSR count). The van der Waals surface area contributed by atoms with Crippen molar-refractivity contribution >= 4 is 23.4 Å². The minimum Gasteiger partial charge on any atom is -0.481 e. The van der Waals surface area contributed by atoms with Gasteiger partial charge in [0.25, 0.3) is 0 Å². The molecule has 29 heavy (non-hydrogen) atoms. The third-order valence-electron chi connectivity index (χ3n) is 5.21. The Hall–Kier alpha value is -3.75. The molecule has 0 unspecified atom stereocenters. The van der Waals surface area contributed by atoms with Crippen molar-refractivity contribution < 1.29 is 9.53 Å². The van der Waals surface area contributed by atoms with E-state index in [-0.39, 0.29) is 12.1 Å². The van der Waals surface area contributed by atoms with Crippen LogP contribution in [0.25, 0.3) is 11.3 Å². The normalized spacial score (nSPS) is 17.1. The van der Waals surface area contributed by atoms with Crippen molar-refractivity contribution in [3.63, 3.8) is 0 Å². The second-order valence-corrected chi connectivity index (χ2v) is 6.91. The molecule has 0 spiro atoms. The number of methoxy groups -OCH3 is 1. The molecule has 5 heterocycles. The molecule has 3 aromatic heterocycles. The fraction of sp³-hybridized carbons (Fsp3) is 0.250. The van der Waals surface area contributed by atoms with Gasteiger partial charge in [0.1, 0.15) is 0 Å². The van der Waals surface area contributed by atoms with E-state index in [0.717, 1.165) is 36.5 Å². The quantitative estimate of drug-likeness (QED) is 0.735. The average molecular weight is 389 g/mol. The van der Waals surface area contributed by atoms with E-state index in [1.54, 1.807) is 30.6 Å². The van der Waals surface area contributed by atoms with Gasteiger partial charge < -0.3 is 9.64 Å². The first-order chi connectivity index (χ1) is 14.2. The first kappa shape index (κ1) is 17.4. The van der Waals surface area contributed by atoms with Crippen LogP contribution < -0.4 is 19.9 Å². The van der Waals surface area contributed by atoms with Gasteiger partial charge in [0.05, 0.1) is 30.7 Å². The summed E-state index contributed by atoms with van der Waals surface area (Å²) in [5.74, 6) is 1.58. The molecule has 9 nitrogen and oxygen atoms in total. The molecule has 2 aliphatic heterocycles. The third kappa shape index (κ3) is 3.10. The molecule has 3 aromatic rings. The number of hydrogen-bond acceptors (Lipinski definition) is 7. The molecule has 1 saturated heterocycles. The number of carbonyl (C=O) groups excluding carboxylic acids is 1. The van der Waals surface area contributed by atoms with Crippen LogP contribution in [0.15, 0.2) is 49.1 Å². The third-order valence-corrected chi connectivity index (χ3v) is 5.21. The fourth-order valence-corrected chi connectivity index (χ4v) is 3.85. The SMILES string of the molecule is COc1cc(-c2ccc3c(n2)N(C(=O)Nc2cnccn2)[C@H]2CCN3C2)ccn1. The van der Waals surface area contributed by atoms with Gasteiger partial charge in [-0.2, -0.15) is 0 Å². The van der Waals surface area contributed by atoms with Gasteiger partial charge in [0.2, 0.25) is 5.88 Å². The van der Waals surface area contributed by atoms with E-state index < -0.39 is 0 Å². The van der Waals surface area contributed by atoms with Gasteiger partial charge in [0.15, 0.2) is 11.6 Å². The summed E-state index contributed by atoms with van der Waals surface area (Å²) < 4.78 is 5.22. The highest BCUT2D eigenvalue weighted by atomic mass is 16.5. The summed E-state index contributed by atoms with van der Waals surface area (Å²) in [5.41, 5.74) is 2.59. The van der Waals surface area contributed by atoms with Crippen LogP contribution >= 0.6 is 0 Å². The Balaban J connectivity index is 1.54. The first-order valence-corrected chi connectivity index (χ1v) is 9.35. The van der Waals surface area contributed by atoms with Crippen LogP contribution in [-0.2, 0) is 0 Å². The van der Waals surface area contributed by atoms with Crippen molar-refractivity contribution in [2.75, 3.05) is 35.3 Å². The van der Waals surface area contributed by atoms with E-state index in [1.165, 1.54) is 6.20 Å². The number of pyridine rings is 2. The van der Waals surface area contributed by atoms with Crippen molar-refractivity contribution in [1.29, 1.82) is 0 Å². The Morgan fingerprint density at radius 1 is 1.21 bits per heavy atom. The van der Waals surface area contributed by atoms with Crippen LogP contribution in [0.1, 0.15) is 6.42 Å². The molecule has 1 atom stereocenters. The standard InChI is InChI=1S/C20H19N7O2/c1-29-18-10-13(4-6-23-18)15-2-3-16-19(24-15)27(14-5-9-26(16)12-14)20(28)25-17-11-21-7-8-22-17/h2-4,6-8,10-11,14H,5,9,12H2,1H3,(H,22,25,28)/t14-/m0/s1. The summed E-state index contributed by atoms with van der Waals surface area (Å²) in [7, 11) is 1.58. The zero-order chi connectivity index (χ0) is 19.8. The van der Waals surface area contributed by atoms with Crippen LogP contribution in [-0.4, -0.2) is 52.2 Å². The van der Waals surface area contributed by atoms with Crippen LogP contribution in [0.3, 0.4) is 0 Å². The smallest absolute Gasteiger partial charge is 0.329 e. The van der Waals surface area contributed by atoms with Gasteiger partial charge in [-0.25, -0.2) is 19.7 Å². The van der Waals surface area contributed by atoms with Crippen LogP contribution in [0.5, 0.6) is 5.88 Å². The largest absolute Gasteiger partial charge is 0.481 e. The Bertz CT molecular complexity index is 1060. The van der Waals surface area contributed by atoms with E-state index in [9.17, 15) is 4.79 Å². The second-order valence-electron chi connectivity index (χ2n) is 6.91. The van der Waals surface area contributed by atoms with Crippen LogP contribution in [0.2, 0.25) is 0 Å². The molecule has 1 N–H and O–H groups in total. The number of urea groups is 1. The van der Waals surface area contributed by atoms with Crippen molar-refractivity contribution in [2.45, 2.75) is 12.5 Å². The number of carbonyl (C=O) groups is 1. The number of rotatable bonds is 3. The molecule has 0 radical (unpaired) electrons. The Morgan fingerprint density at radius 2 is 2.14 bits per heavy atom. The predicted molar refractivity (Wildman–Crippen MR) is 108 cm³/mol. The molecule has 2 amide bonds. The van der Waals surface area contributed by atoms with Gasteiger partial charge in [-0.15, -0.1) is 0 Å². The monoisotopic (exact) mass is 389 g/mol. The molecule has 146 valence electrons.